The molecule has 0 radical (unpaired) electrons. The predicted octanol–water partition coefficient (Wildman–Crippen LogP) is 3.17. The molecule has 7 heterocycles. The van der Waals surface area contributed by atoms with E-state index >= 15 is 0 Å². The van der Waals surface area contributed by atoms with Gasteiger partial charge in [-0.25, -0.2) is 0 Å². The molecule has 52 heavy (non-hydrogen) atoms. The Morgan fingerprint density at radius 3 is 0.750 bits per heavy atom. The summed E-state index contributed by atoms with van der Waals surface area (Å²) in [5.74, 6) is 0. The van der Waals surface area contributed by atoms with Crippen molar-refractivity contribution in [2.45, 2.75) is 104 Å². The Hall–Kier alpha value is -4.46. The van der Waals surface area contributed by atoms with Crippen LogP contribution >= 0.6 is 0 Å². The minimum Gasteiger partial charge on any atom is -0.338 e. The van der Waals surface area contributed by atoms with Gasteiger partial charge in [-0.1, -0.05) is 141 Å². The maximum Gasteiger partial charge on any atom is 0.471 e. The highest BCUT2D eigenvalue weighted by atomic mass is 15.6. The minimum atomic E-state index is -1.65. The molecule has 9 rings (SSSR count). The third kappa shape index (κ3) is 3.38. The Morgan fingerprint density at radius 2 is 0.558 bits per heavy atom. The maximum atomic E-state index is 2.65. The first-order valence-corrected chi connectivity index (χ1v) is 19.5. The van der Waals surface area contributed by atoms with Gasteiger partial charge in [0.2, 0.25) is 0 Å². The molecule has 0 saturated carbocycles. The van der Waals surface area contributed by atoms with Gasteiger partial charge in [0.1, 0.15) is 24.8 Å². The molecule has 12 heteroatoms. The summed E-state index contributed by atoms with van der Waals surface area (Å²) in [5, 5.41) is -0.782. The molecule has 4 aromatic heterocycles. The number of fused-ring (bicyclic) bond motifs is 14. The normalized spacial score (nSPS) is 26.4. The summed E-state index contributed by atoms with van der Waals surface area (Å²) in [7, 11) is 0. The number of nitrogens with zero attached hydrogens (tertiary/aromatic N) is 8. The molecular weight excluding hydrogens is 636 g/mol. The molecule has 0 spiro atoms. The molecule has 3 aliphatic heterocycles. The number of aromatic nitrogens is 8. The van der Waals surface area contributed by atoms with Crippen molar-refractivity contribution < 1.29 is 18.4 Å². The number of hydrogen-bond acceptors (Lipinski definition) is 0. The van der Waals surface area contributed by atoms with E-state index in [0.29, 0.717) is 0 Å². The van der Waals surface area contributed by atoms with Gasteiger partial charge in [0.15, 0.2) is 0 Å². The summed E-state index contributed by atoms with van der Waals surface area (Å²) in [6.07, 6.45) is 12.3. The quantitative estimate of drug-likeness (QED) is 0.220. The lowest BCUT2D eigenvalue weighted by atomic mass is 9.21. The topological polar surface area (TPSA) is 35.2 Å². The average molecular weight is 692 g/mol. The molecule has 0 N–H and O–H groups in total. The highest BCUT2D eigenvalue weighted by molar-refractivity contribution is 6.93. The van der Waals surface area contributed by atoms with E-state index in [9.17, 15) is 0 Å². The summed E-state index contributed by atoms with van der Waals surface area (Å²) in [4.78, 5) is 0. The van der Waals surface area contributed by atoms with Crippen LogP contribution in [0.15, 0.2) is 122 Å². The van der Waals surface area contributed by atoms with Crippen LogP contribution < -0.4 is 40.2 Å². The van der Waals surface area contributed by atoms with Gasteiger partial charge in [0, 0.05) is 49.1 Å². The van der Waals surface area contributed by atoms with Crippen LogP contribution in [-0.2, 0) is 0 Å². The van der Waals surface area contributed by atoms with Gasteiger partial charge < -0.3 is 18.4 Å². The monoisotopic (exact) mass is 693 g/mol. The van der Waals surface area contributed by atoms with E-state index in [0.717, 1.165) is 0 Å². The second-order valence-electron chi connectivity index (χ2n) is 20.9. The molecule has 0 unspecified atom stereocenters. The van der Waals surface area contributed by atoms with Gasteiger partial charge >= 0.3 is 25.7 Å². The number of hydrogen-bond donors (Lipinski definition) is 0. The van der Waals surface area contributed by atoms with E-state index in [2.05, 4.69) is 242 Å². The maximum absolute atomic E-state index is 2.65. The van der Waals surface area contributed by atoms with Gasteiger partial charge in [-0.2, -0.15) is 0 Å². The Morgan fingerprint density at radius 1 is 0.346 bits per heavy atom. The summed E-state index contributed by atoms with van der Waals surface area (Å²) in [6.45, 7) is 29.2. The molecule has 0 amide bonds. The molecule has 0 atom stereocenters. The van der Waals surface area contributed by atoms with Gasteiger partial charge in [-0.15, -0.1) is 34.0 Å². The lowest BCUT2D eigenvalue weighted by Crippen LogP contribution is -3.02. The first kappa shape index (κ1) is 33.4. The van der Waals surface area contributed by atoms with Crippen molar-refractivity contribution >= 4 is 47.5 Å². The predicted molar refractivity (Wildman–Crippen MR) is 215 cm³/mol. The fourth-order valence-electron chi connectivity index (χ4n) is 13.0. The number of benzene rings is 2. The fourth-order valence-corrected chi connectivity index (χ4v) is 13.0. The minimum absolute atomic E-state index is 0.196. The zero-order chi connectivity index (χ0) is 37.1. The SMILES string of the molecule is CC(C)(C)[B@-]12c3cccc(c3)[B@-]3(C(C)(C)C)n4ccc[n+]4[B@-](C(C)(C)C)(c4cccc(c4)[B@-](C(C)(C)C)(n4ccc[n+]41)[n+]1cccn12)n1ccc[n+]13. The van der Waals surface area contributed by atoms with E-state index in [1.54, 1.807) is 0 Å². The van der Waals surface area contributed by atoms with Crippen molar-refractivity contribution in [1.82, 2.24) is 18.4 Å². The molecule has 8 nitrogen and oxygen atoms in total. The van der Waals surface area contributed by atoms with Gasteiger partial charge in [-0.3, -0.25) is 18.4 Å². The van der Waals surface area contributed by atoms with Crippen molar-refractivity contribution in [2.75, 3.05) is 0 Å². The standard InChI is InChI=1S/C40H56B4N8/c1-37(2,3)41-33-19-13-20-34(31-33)43(39(7,8)9)49-27-17-29-51(49)44(40(10,11)12,52-30-18-28-50(43)52)36-22-14-21-35(32-36)42(38(4,5)6,47-25-15-23-45(41)47)48-26-16-24-46(41)48/h13-32H,1-12H3/t41-,42+,43-,44+. The van der Waals surface area contributed by atoms with E-state index in [-0.39, 0.29) is 21.3 Å². The Balaban J connectivity index is 1.61. The van der Waals surface area contributed by atoms with E-state index in [1.807, 2.05) is 0 Å². The van der Waals surface area contributed by atoms with Crippen LogP contribution in [0.4, 0.5) is 0 Å². The van der Waals surface area contributed by atoms with Crippen LogP contribution in [0.25, 0.3) is 0 Å². The van der Waals surface area contributed by atoms with Crippen LogP contribution in [0, 0.1) is 0 Å². The van der Waals surface area contributed by atoms with Crippen LogP contribution in [0.2, 0.25) is 21.3 Å². The van der Waals surface area contributed by atoms with Crippen molar-refractivity contribution in [1.29, 1.82) is 0 Å². The molecule has 8 bridgehead atoms. The summed E-state index contributed by atoms with van der Waals surface area (Å²) >= 11 is 0. The van der Waals surface area contributed by atoms with E-state index < -0.39 is 25.7 Å². The highest BCUT2D eigenvalue weighted by Gasteiger charge is 2.70. The first-order chi connectivity index (χ1) is 24.3. The second kappa shape index (κ2) is 9.74. The first-order valence-electron chi connectivity index (χ1n) is 19.5. The second-order valence-corrected chi connectivity index (χ2v) is 20.9. The van der Waals surface area contributed by atoms with Crippen LogP contribution in [-0.4, -0.2) is 44.0 Å². The van der Waals surface area contributed by atoms with Gasteiger partial charge in [0.05, 0.1) is 0 Å². The van der Waals surface area contributed by atoms with Crippen molar-refractivity contribution in [3.05, 3.63) is 122 Å². The molecular formula is C40H56B4N8. The third-order valence-corrected chi connectivity index (χ3v) is 14.6. The fraction of sp³-hybridized carbons (Fsp3) is 0.400. The molecule has 2 aromatic carbocycles. The molecule has 3 aliphatic rings. The molecule has 6 aromatic rings. The Labute approximate surface area is 310 Å². The molecule has 0 fully saturated rings. The zero-order valence-electron chi connectivity index (χ0n) is 33.4. The van der Waals surface area contributed by atoms with E-state index in [4.69, 9.17) is 0 Å². The van der Waals surface area contributed by atoms with E-state index in [1.165, 1.54) is 21.9 Å². The lowest BCUT2D eigenvalue weighted by Gasteiger charge is -2.58. The summed E-state index contributed by atoms with van der Waals surface area (Å²) in [5.41, 5.74) is 5.30. The van der Waals surface area contributed by atoms with Crippen LogP contribution in [0.5, 0.6) is 0 Å². The average Bonchev–Trinajstić information content (AvgIpc) is 3.87. The molecule has 0 saturated heterocycles. The molecule has 0 aliphatic carbocycles. The number of rotatable bonds is 0. The lowest BCUT2D eigenvalue weighted by molar-refractivity contribution is -0.716. The summed E-state index contributed by atoms with van der Waals surface area (Å²) in [6, 6.07) is 28.5. The van der Waals surface area contributed by atoms with Crippen LogP contribution in [0.1, 0.15) is 83.1 Å². The van der Waals surface area contributed by atoms with Crippen LogP contribution in [0.3, 0.4) is 0 Å². The van der Waals surface area contributed by atoms with Gasteiger partial charge in [0.25, 0.3) is 0 Å². The Bertz CT molecular complexity index is 2000. The highest BCUT2D eigenvalue weighted by Crippen LogP contribution is 2.43. The zero-order valence-corrected chi connectivity index (χ0v) is 33.4. The molecule has 268 valence electrons. The van der Waals surface area contributed by atoms with Crippen molar-refractivity contribution in [3.63, 3.8) is 0 Å². The third-order valence-electron chi connectivity index (χ3n) is 14.6. The summed E-state index contributed by atoms with van der Waals surface area (Å²) < 4.78 is 21.2. The Kier molecular flexibility index (Phi) is 6.25. The van der Waals surface area contributed by atoms with Gasteiger partial charge in [-0.05, 0) is 0 Å². The largest absolute Gasteiger partial charge is 0.471 e. The van der Waals surface area contributed by atoms with Crippen molar-refractivity contribution in [2.24, 2.45) is 0 Å². The smallest absolute Gasteiger partial charge is 0.338 e. The van der Waals surface area contributed by atoms with Crippen molar-refractivity contribution in [3.8, 4) is 0 Å².